The molecule has 2 rings (SSSR count). The maximum Gasteiger partial charge on any atom is 0.238 e. The Morgan fingerprint density at radius 1 is 1.40 bits per heavy atom. The Kier molecular flexibility index (Phi) is 5.86. The molecule has 1 amide bonds. The molecule has 0 aromatic heterocycles. The van der Waals surface area contributed by atoms with Gasteiger partial charge in [0.2, 0.25) is 5.91 Å². The zero-order valence-electron chi connectivity index (χ0n) is 11.7. The van der Waals surface area contributed by atoms with Gasteiger partial charge >= 0.3 is 0 Å². The van der Waals surface area contributed by atoms with E-state index in [9.17, 15) is 9.18 Å². The topological polar surface area (TPSA) is 41.1 Å². The summed E-state index contributed by atoms with van der Waals surface area (Å²) in [5.74, 6) is 0.549. The maximum atomic E-state index is 13.4. The number of amides is 1. The van der Waals surface area contributed by atoms with Gasteiger partial charge in [-0.3, -0.25) is 4.79 Å². The first-order valence-corrected chi connectivity index (χ1v) is 8.13. The van der Waals surface area contributed by atoms with E-state index in [0.29, 0.717) is 11.3 Å². The fourth-order valence-corrected chi connectivity index (χ4v) is 3.65. The quantitative estimate of drug-likeness (QED) is 0.848. The first-order chi connectivity index (χ1) is 9.69. The molecule has 110 valence electrons. The SMILES string of the molecule is CCSC1CCC(NCC(=O)Nc2ccccc2F)C1. The molecule has 0 aliphatic heterocycles. The van der Waals surface area contributed by atoms with Gasteiger partial charge in [-0.15, -0.1) is 0 Å². The van der Waals surface area contributed by atoms with Crippen molar-refractivity contribution in [2.75, 3.05) is 17.6 Å². The van der Waals surface area contributed by atoms with Gasteiger partial charge in [0, 0.05) is 11.3 Å². The maximum absolute atomic E-state index is 13.4. The molecule has 0 spiro atoms. The highest BCUT2D eigenvalue weighted by Crippen LogP contribution is 2.29. The first kappa shape index (κ1) is 15.3. The van der Waals surface area contributed by atoms with Crippen LogP contribution >= 0.6 is 11.8 Å². The van der Waals surface area contributed by atoms with Crippen molar-refractivity contribution in [1.82, 2.24) is 5.32 Å². The van der Waals surface area contributed by atoms with Crippen molar-refractivity contribution < 1.29 is 9.18 Å². The Morgan fingerprint density at radius 3 is 2.95 bits per heavy atom. The number of benzene rings is 1. The zero-order valence-corrected chi connectivity index (χ0v) is 12.5. The third kappa shape index (κ3) is 4.49. The van der Waals surface area contributed by atoms with Crippen molar-refractivity contribution in [3.8, 4) is 0 Å². The normalized spacial score (nSPS) is 21.9. The van der Waals surface area contributed by atoms with E-state index in [1.807, 2.05) is 11.8 Å². The molecule has 0 bridgehead atoms. The van der Waals surface area contributed by atoms with Gasteiger partial charge in [-0.05, 0) is 37.1 Å². The second-order valence-electron chi connectivity index (χ2n) is 5.00. The molecular weight excluding hydrogens is 275 g/mol. The lowest BCUT2D eigenvalue weighted by Crippen LogP contribution is -2.35. The van der Waals surface area contributed by atoms with Crippen molar-refractivity contribution in [3.63, 3.8) is 0 Å². The van der Waals surface area contributed by atoms with Crippen LogP contribution in [-0.2, 0) is 4.79 Å². The Morgan fingerprint density at radius 2 is 2.20 bits per heavy atom. The summed E-state index contributed by atoms with van der Waals surface area (Å²) in [4.78, 5) is 11.8. The van der Waals surface area contributed by atoms with Crippen LogP contribution in [0.4, 0.5) is 10.1 Å². The summed E-state index contributed by atoms with van der Waals surface area (Å²) in [6, 6.07) is 6.62. The van der Waals surface area contributed by atoms with E-state index in [0.717, 1.165) is 18.6 Å². The Labute approximate surface area is 123 Å². The molecule has 1 saturated carbocycles. The largest absolute Gasteiger partial charge is 0.322 e. The minimum Gasteiger partial charge on any atom is -0.322 e. The summed E-state index contributed by atoms with van der Waals surface area (Å²) >= 11 is 1.99. The number of nitrogens with one attached hydrogen (secondary N) is 2. The predicted molar refractivity (Wildman–Crippen MR) is 82.6 cm³/mol. The predicted octanol–water partition coefficient (Wildman–Crippen LogP) is 3.03. The van der Waals surface area contributed by atoms with E-state index in [-0.39, 0.29) is 18.1 Å². The van der Waals surface area contributed by atoms with Gasteiger partial charge in [-0.2, -0.15) is 11.8 Å². The average Bonchev–Trinajstić information content (AvgIpc) is 2.87. The average molecular weight is 296 g/mol. The molecule has 1 aliphatic rings. The Balaban J connectivity index is 1.72. The number of thioether (sulfide) groups is 1. The van der Waals surface area contributed by atoms with Gasteiger partial charge in [-0.25, -0.2) is 4.39 Å². The van der Waals surface area contributed by atoms with E-state index >= 15 is 0 Å². The molecule has 5 heteroatoms. The van der Waals surface area contributed by atoms with E-state index in [1.54, 1.807) is 18.2 Å². The lowest BCUT2D eigenvalue weighted by atomic mass is 10.2. The van der Waals surface area contributed by atoms with Crippen LogP contribution < -0.4 is 10.6 Å². The number of hydrogen-bond acceptors (Lipinski definition) is 3. The fraction of sp³-hybridized carbons (Fsp3) is 0.533. The highest BCUT2D eigenvalue weighted by molar-refractivity contribution is 7.99. The molecule has 1 aromatic carbocycles. The number of rotatable bonds is 6. The molecule has 0 heterocycles. The van der Waals surface area contributed by atoms with E-state index in [2.05, 4.69) is 17.6 Å². The summed E-state index contributed by atoms with van der Waals surface area (Å²) in [5, 5.41) is 6.57. The number of carbonyl (C=O) groups excluding carboxylic acids is 1. The second kappa shape index (κ2) is 7.64. The number of halogens is 1. The lowest BCUT2D eigenvalue weighted by molar-refractivity contribution is -0.115. The third-order valence-corrected chi connectivity index (χ3v) is 4.72. The van der Waals surface area contributed by atoms with Gasteiger partial charge in [-0.1, -0.05) is 19.1 Å². The van der Waals surface area contributed by atoms with Crippen LogP contribution in [0.25, 0.3) is 0 Å². The number of carbonyl (C=O) groups is 1. The van der Waals surface area contributed by atoms with Crippen molar-refractivity contribution in [1.29, 1.82) is 0 Å². The van der Waals surface area contributed by atoms with Crippen LogP contribution in [0, 0.1) is 5.82 Å². The molecule has 2 unspecified atom stereocenters. The molecule has 2 N–H and O–H groups in total. The number of para-hydroxylation sites is 1. The lowest BCUT2D eigenvalue weighted by Gasteiger charge is -2.13. The van der Waals surface area contributed by atoms with Gasteiger partial charge in [0.25, 0.3) is 0 Å². The van der Waals surface area contributed by atoms with Crippen LogP contribution in [-0.4, -0.2) is 29.5 Å². The van der Waals surface area contributed by atoms with E-state index in [1.165, 1.54) is 12.5 Å². The summed E-state index contributed by atoms with van der Waals surface area (Å²) in [6.45, 7) is 2.41. The first-order valence-electron chi connectivity index (χ1n) is 7.08. The van der Waals surface area contributed by atoms with Gasteiger partial charge in [0.05, 0.1) is 12.2 Å². The monoisotopic (exact) mass is 296 g/mol. The van der Waals surface area contributed by atoms with Crippen LogP contribution in [0.5, 0.6) is 0 Å². The van der Waals surface area contributed by atoms with Gasteiger partial charge in [0.15, 0.2) is 0 Å². The van der Waals surface area contributed by atoms with Crippen molar-refractivity contribution >= 4 is 23.4 Å². The summed E-state index contributed by atoms with van der Waals surface area (Å²) in [7, 11) is 0. The summed E-state index contributed by atoms with van der Waals surface area (Å²) in [6.07, 6.45) is 3.45. The summed E-state index contributed by atoms with van der Waals surface area (Å²) in [5.41, 5.74) is 0.241. The van der Waals surface area contributed by atoms with Crippen LogP contribution in [0.1, 0.15) is 26.2 Å². The summed E-state index contributed by atoms with van der Waals surface area (Å²) < 4.78 is 13.4. The Bertz CT molecular complexity index is 455. The third-order valence-electron chi connectivity index (χ3n) is 3.49. The van der Waals surface area contributed by atoms with E-state index in [4.69, 9.17) is 0 Å². The van der Waals surface area contributed by atoms with Crippen molar-refractivity contribution in [3.05, 3.63) is 30.1 Å². The zero-order chi connectivity index (χ0) is 14.4. The smallest absolute Gasteiger partial charge is 0.238 e. The van der Waals surface area contributed by atoms with Crippen LogP contribution in [0.3, 0.4) is 0 Å². The van der Waals surface area contributed by atoms with Crippen LogP contribution in [0.2, 0.25) is 0 Å². The van der Waals surface area contributed by atoms with Gasteiger partial charge in [0.1, 0.15) is 5.82 Å². The highest BCUT2D eigenvalue weighted by Gasteiger charge is 2.24. The molecule has 1 aromatic rings. The Hall–Kier alpha value is -1.07. The molecule has 2 atom stereocenters. The minimum atomic E-state index is -0.402. The van der Waals surface area contributed by atoms with Gasteiger partial charge < -0.3 is 10.6 Å². The molecule has 1 fully saturated rings. The van der Waals surface area contributed by atoms with Crippen molar-refractivity contribution in [2.24, 2.45) is 0 Å². The molecule has 0 saturated heterocycles. The molecule has 1 aliphatic carbocycles. The number of anilines is 1. The molecule has 20 heavy (non-hydrogen) atoms. The molecular formula is C15H21FN2OS. The van der Waals surface area contributed by atoms with E-state index < -0.39 is 5.82 Å². The van der Waals surface area contributed by atoms with Crippen LogP contribution in [0.15, 0.2) is 24.3 Å². The standard InChI is InChI=1S/C15H21FN2OS/c1-2-20-12-8-7-11(9-12)17-10-15(19)18-14-6-4-3-5-13(14)16/h3-6,11-12,17H,2,7-10H2,1H3,(H,18,19). The molecule has 0 radical (unpaired) electrons. The minimum absolute atomic E-state index is 0.193. The highest BCUT2D eigenvalue weighted by atomic mass is 32.2. The fourth-order valence-electron chi connectivity index (χ4n) is 2.51. The number of hydrogen-bond donors (Lipinski definition) is 2. The van der Waals surface area contributed by atoms with Crippen molar-refractivity contribution in [2.45, 2.75) is 37.5 Å². The second-order valence-corrected chi connectivity index (χ2v) is 6.57. The molecule has 3 nitrogen and oxygen atoms in total.